The lowest BCUT2D eigenvalue weighted by molar-refractivity contribution is -0.115. The molecule has 1 aromatic carbocycles. The van der Waals surface area contributed by atoms with Gasteiger partial charge >= 0.3 is 0 Å². The summed E-state index contributed by atoms with van der Waals surface area (Å²) in [4.78, 5) is 12.1. The second kappa shape index (κ2) is 9.33. The van der Waals surface area contributed by atoms with E-state index in [9.17, 15) is 13.6 Å². The number of benzene rings is 1. The fourth-order valence-corrected chi connectivity index (χ4v) is 4.96. The number of thioether (sulfide) groups is 2. The van der Waals surface area contributed by atoms with Gasteiger partial charge in [-0.25, -0.2) is 8.78 Å². The number of halogens is 2. The van der Waals surface area contributed by atoms with Crippen molar-refractivity contribution in [3.8, 4) is 0 Å². The average molecular weight is 390 g/mol. The maximum atomic E-state index is 13.6. The van der Waals surface area contributed by atoms with Crippen LogP contribution in [0.2, 0.25) is 0 Å². The van der Waals surface area contributed by atoms with Gasteiger partial charge in [-0.1, -0.05) is 48.2 Å². The first-order valence-electron chi connectivity index (χ1n) is 7.38. The van der Waals surface area contributed by atoms with Gasteiger partial charge in [0.1, 0.15) is 11.6 Å². The molecule has 0 radical (unpaired) electrons. The Morgan fingerprint density at radius 1 is 1.33 bits per heavy atom. The van der Waals surface area contributed by atoms with Gasteiger partial charge < -0.3 is 5.32 Å². The van der Waals surface area contributed by atoms with E-state index in [2.05, 4.69) is 22.4 Å². The first-order chi connectivity index (χ1) is 11.5. The average Bonchev–Trinajstić information content (AvgIpc) is 2.97. The SMILES string of the molecule is CCCCSc1nnc(S[C@@H](C)C(=O)Nc2ccc(F)cc2F)s1. The van der Waals surface area contributed by atoms with E-state index in [4.69, 9.17) is 0 Å². The molecule has 0 aliphatic carbocycles. The molecule has 0 saturated carbocycles. The number of hydrogen-bond donors (Lipinski definition) is 1. The van der Waals surface area contributed by atoms with E-state index in [1.165, 1.54) is 29.2 Å². The highest BCUT2D eigenvalue weighted by molar-refractivity contribution is 8.03. The van der Waals surface area contributed by atoms with Crippen molar-refractivity contribution in [3.63, 3.8) is 0 Å². The number of hydrogen-bond acceptors (Lipinski definition) is 6. The molecule has 1 N–H and O–H groups in total. The summed E-state index contributed by atoms with van der Waals surface area (Å²) in [6.07, 6.45) is 2.25. The summed E-state index contributed by atoms with van der Waals surface area (Å²) in [5.41, 5.74) is -0.0399. The van der Waals surface area contributed by atoms with E-state index >= 15 is 0 Å². The van der Waals surface area contributed by atoms with Crippen LogP contribution in [-0.2, 0) is 4.79 Å². The highest BCUT2D eigenvalue weighted by Crippen LogP contribution is 2.32. The number of carbonyl (C=O) groups excluding carboxylic acids is 1. The minimum absolute atomic E-state index is 0.0399. The third kappa shape index (κ3) is 5.71. The van der Waals surface area contributed by atoms with Gasteiger partial charge in [0, 0.05) is 11.8 Å². The van der Waals surface area contributed by atoms with Crippen molar-refractivity contribution in [2.24, 2.45) is 0 Å². The molecule has 1 heterocycles. The minimum Gasteiger partial charge on any atom is -0.323 e. The molecule has 0 unspecified atom stereocenters. The van der Waals surface area contributed by atoms with Crippen LogP contribution >= 0.6 is 34.9 Å². The third-order valence-corrected chi connectivity index (χ3v) is 6.27. The second-order valence-electron chi connectivity index (χ2n) is 4.91. The second-order valence-corrected chi connectivity index (χ2v) is 8.82. The molecule has 2 aromatic rings. The van der Waals surface area contributed by atoms with Crippen LogP contribution in [0.4, 0.5) is 14.5 Å². The van der Waals surface area contributed by atoms with E-state index in [1.807, 2.05) is 0 Å². The zero-order chi connectivity index (χ0) is 17.5. The van der Waals surface area contributed by atoms with Gasteiger partial charge in [0.05, 0.1) is 10.9 Å². The Balaban J connectivity index is 1.89. The summed E-state index contributed by atoms with van der Waals surface area (Å²) in [5, 5.41) is 10.1. The molecule has 4 nitrogen and oxygen atoms in total. The van der Waals surface area contributed by atoms with E-state index in [0.29, 0.717) is 4.34 Å². The quantitative estimate of drug-likeness (QED) is 0.518. The van der Waals surface area contributed by atoms with Gasteiger partial charge in [0.25, 0.3) is 0 Å². The van der Waals surface area contributed by atoms with Crippen LogP contribution in [-0.4, -0.2) is 27.1 Å². The molecule has 1 aromatic heterocycles. The molecule has 1 atom stereocenters. The monoisotopic (exact) mass is 389 g/mol. The summed E-state index contributed by atoms with van der Waals surface area (Å²) in [6.45, 7) is 3.83. The standard InChI is InChI=1S/C15H17F2N3OS3/c1-3-4-7-22-14-19-20-15(24-14)23-9(2)13(21)18-12-6-5-10(16)8-11(12)17/h5-6,8-9H,3-4,7H2,1-2H3,(H,18,21)/t9-/m0/s1. The minimum atomic E-state index is -0.800. The lowest BCUT2D eigenvalue weighted by atomic mass is 10.3. The summed E-state index contributed by atoms with van der Waals surface area (Å²) in [5.74, 6) is -0.864. The topological polar surface area (TPSA) is 54.9 Å². The largest absolute Gasteiger partial charge is 0.323 e. The molecule has 24 heavy (non-hydrogen) atoms. The Hall–Kier alpha value is -1.19. The van der Waals surface area contributed by atoms with Crippen molar-refractivity contribution < 1.29 is 13.6 Å². The number of nitrogens with one attached hydrogen (secondary N) is 1. The number of nitrogens with zero attached hydrogens (tertiary/aromatic N) is 2. The molecule has 0 saturated heterocycles. The van der Waals surface area contributed by atoms with Gasteiger partial charge in [-0.15, -0.1) is 10.2 Å². The Kier molecular flexibility index (Phi) is 7.44. The van der Waals surface area contributed by atoms with Crippen LogP contribution in [0.1, 0.15) is 26.7 Å². The highest BCUT2D eigenvalue weighted by atomic mass is 32.2. The maximum Gasteiger partial charge on any atom is 0.237 e. The van der Waals surface area contributed by atoms with Crippen LogP contribution < -0.4 is 5.32 Å². The molecule has 0 aliphatic rings. The van der Waals surface area contributed by atoms with Crippen LogP contribution in [0.15, 0.2) is 26.9 Å². The number of aromatic nitrogens is 2. The highest BCUT2D eigenvalue weighted by Gasteiger charge is 2.18. The van der Waals surface area contributed by atoms with Gasteiger partial charge in [-0.3, -0.25) is 4.79 Å². The lowest BCUT2D eigenvalue weighted by Gasteiger charge is -2.10. The van der Waals surface area contributed by atoms with Gasteiger partial charge in [0.2, 0.25) is 5.91 Å². The zero-order valence-corrected chi connectivity index (χ0v) is 15.7. The fourth-order valence-electron chi connectivity index (χ4n) is 1.64. The summed E-state index contributed by atoms with van der Waals surface area (Å²) in [7, 11) is 0. The van der Waals surface area contributed by atoms with Crippen molar-refractivity contribution in [2.45, 2.75) is 40.6 Å². The summed E-state index contributed by atoms with van der Waals surface area (Å²) in [6, 6.07) is 3.03. The van der Waals surface area contributed by atoms with E-state index in [0.717, 1.165) is 35.1 Å². The third-order valence-electron chi connectivity index (χ3n) is 2.95. The predicted molar refractivity (Wildman–Crippen MR) is 95.8 cm³/mol. The number of rotatable bonds is 8. The maximum absolute atomic E-state index is 13.6. The lowest BCUT2D eigenvalue weighted by Crippen LogP contribution is -2.22. The van der Waals surface area contributed by atoms with Gasteiger partial charge in [-0.2, -0.15) is 0 Å². The molecule has 9 heteroatoms. The van der Waals surface area contributed by atoms with Crippen molar-refractivity contribution in [2.75, 3.05) is 11.1 Å². The first-order valence-corrected chi connectivity index (χ1v) is 10.1. The summed E-state index contributed by atoms with van der Waals surface area (Å²) >= 11 is 4.36. The molecule has 0 spiro atoms. The fraction of sp³-hybridized carbons (Fsp3) is 0.400. The smallest absolute Gasteiger partial charge is 0.237 e. The van der Waals surface area contributed by atoms with Crippen LogP contribution in [0.25, 0.3) is 0 Å². The number of amides is 1. The van der Waals surface area contributed by atoms with E-state index in [1.54, 1.807) is 18.7 Å². The van der Waals surface area contributed by atoms with E-state index < -0.39 is 16.9 Å². The Morgan fingerprint density at radius 2 is 2.08 bits per heavy atom. The van der Waals surface area contributed by atoms with Crippen molar-refractivity contribution >= 4 is 46.5 Å². The van der Waals surface area contributed by atoms with Gasteiger partial charge in [0.15, 0.2) is 8.68 Å². The number of unbranched alkanes of at least 4 members (excludes halogenated alkanes) is 1. The Labute approximate surface area is 151 Å². The van der Waals surface area contributed by atoms with Crippen LogP contribution in [0.5, 0.6) is 0 Å². The molecule has 0 fully saturated rings. The van der Waals surface area contributed by atoms with Crippen molar-refractivity contribution in [1.29, 1.82) is 0 Å². The van der Waals surface area contributed by atoms with Crippen molar-refractivity contribution in [3.05, 3.63) is 29.8 Å². The molecular weight excluding hydrogens is 372 g/mol. The molecule has 0 bridgehead atoms. The molecule has 0 aliphatic heterocycles. The number of carbonyl (C=O) groups is 1. The van der Waals surface area contributed by atoms with Crippen LogP contribution in [0.3, 0.4) is 0 Å². The molecule has 2 rings (SSSR count). The molecule has 130 valence electrons. The first kappa shape index (κ1) is 19.1. The Bertz CT molecular complexity index is 696. The summed E-state index contributed by atoms with van der Waals surface area (Å²) < 4.78 is 28.0. The van der Waals surface area contributed by atoms with Crippen LogP contribution in [0, 0.1) is 11.6 Å². The zero-order valence-electron chi connectivity index (χ0n) is 13.2. The van der Waals surface area contributed by atoms with Gasteiger partial charge in [-0.05, 0) is 25.5 Å². The predicted octanol–water partition coefficient (Wildman–Crippen LogP) is 4.83. The van der Waals surface area contributed by atoms with Crippen molar-refractivity contribution in [1.82, 2.24) is 10.2 Å². The Morgan fingerprint density at radius 3 is 2.79 bits per heavy atom. The molecular formula is C15H17F2N3OS3. The number of anilines is 1. The molecule has 1 amide bonds. The van der Waals surface area contributed by atoms with E-state index in [-0.39, 0.29) is 11.6 Å². The normalized spacial score (nSPS) is 12.2.